The number of aromatic nitrogens is 3. The van der Waals surface area contributed by atoms with Gasteiger partial charge < -0.3 is 11.1 Å². The maximum absolute atomic E-state index is 13.0. The largest absolute Gasteiger partial charge is 0.383 e. The number of rotatable bonds is 6. The van der Waals surface area contributed by atoms with Crippen molar-refractivity contribution in [2.75, 3.05) is 12.3 Å². The Balaban J connectivity index is 1.84. The normalized spacial score (nSPS) is 11.7. The van der Waals surface area contributed by atoms with Crippen LogP contribution in [0.4, 0.5) is 5.82 Å². The number of carbonyl (C=O) groups is 1. The van der Waals surface area contributed by atoms with Gasteiger partial charge in [-0.2, -0.15) is 9.78 Å². The molecule has 0 atom stereocenters. The lowest BCUT2D eigenvalue weighted by Gasteiger charge is -2.07. The Bertz CT molecular complexity index is 1290. The van der Waals surface area contributed by atoms with Crippen molar-refractivity contribution in [1.82, 2.24) is 20.0 Å². The van der Waals surface area contributed by atoms with Crippen molar-refractivity contribution < 1.29 is 4.79 Å². The summed E-state index contributed by atoms with van der Waals surface area (Å²) < 4.78 is 1.50. The third-order valence-electron chi connectivity index (χ3n) is 5.21. The molecule has 2 aromatic heterocycles. The van der Waals surface area contributed by atoms with Gasteiger partial charge in [0.25, 0.3) is 5.91 Å². The molecule has 1 amide bonds. The highest BCUT2D eigenvalue weighted by Crippen LogP contribution is 2.28. The second-order valence-corrected chi connectivity index (χ2v) is 8.00. The molecule has 0 radical (unpaired) electrons. The van der Waals surface area contributed by atoms with Gasteiger partial charge in [-0.25, -0.2) is 9.97 Å². The molecule has 0 spiro atoms. The van der Waals surface area contributed by atoms with Crippen molar-refractivity contribution >= 4 is 40.1 Å². The molecule has 7 heteroatoms. The molecule has 3 N–H and O–H groups in total. The van der Waals surface area contributed by atoms with E-state index in [4.69, 9.17) is 15.7 Å². The molecule has 0 aliphatic heterocycles. The number of aryl methyl sites for hydroxylation is 1. The molecular weight excluding hydrogens is 388 g/mol. The number of nitrogens with zero attached hydrogens (tertiary/aromatic N) is 4. The Morgan fingerprint density at radius 2 is 1.81 bits per heavy atom. The molecule has 4 aromatic rings. The van der Waals surface area contributed by atoms with E-state index in [1.807, 2.05) is 55.5 Å². The maximum Gasteiger partial charge on any atom is 0.257 e. The van der Waals surface area contributed by atoms with E-state index < -0.39 is 0 Å². The van der Waals surface area contributed by atoms with Gasteiger partial charge >= 0.3 is 0 Å². The van der Waals surface area contributed by atoms with Gasteiger partial charge in [0.05, 0.1) is 17.2 Å². The van der Waals surface area contributed by atoms with Crippen LogP contribution in [0.2, 0.25) is 0 Å². The number of fused-ring (bicyclic) bond motifs is 2. The maximum atomic E-state index is 13.0. The molecule has 2 heterocycles. The van der Waals surface area contributed by atoms with Gasteiger partial charge in [-0.05, 0) is 42.5 Å². The van der Waals surface area contributed by atoms with Crippen molar-refractivity contribution in [2.45, 2.75) is 27.2 Å². The average Bonchev–Trinajstić information content (AvgIpc) is 3.01. The first-order chi connectivity index (χ1) is 15.0. The second kappa shape index (κ2) is 8.55. The zero-order chi connectivity index (χ0) is 22.0. The zero-order valence-corrected chi connectivity index (χ0v) is 18.0. The van der Waals surface area contributed by atoms with Crippen molar-refractivity contribution in [3.05, 3.63) is 65.2 Å². The van der Waals surface area contributed by atoms with Crippen LogP contribution < -0.4 is 11.1 Å². The molecule has 7 nitrogen and oxygen atoms in total. The first kappa shape index (κ1) is 20.5. The van der Waals surface area contributed by atoms with Crippen LogP contribution in [0, 0.1) is 12.8 Å². The van der Waals surface area contributed by atoms with Gasteiger partial charge in [0.1, 0.15) is 16.9 Å². The van der Waals surface area contributed by atoms with E-state index in [2.05, 4.69) is 24.3 Å². The summed E-state index contributed by atoms with van der Waals surface area (Å²) in [6, 6.07) is 15.4. The number of hydrogen-bond donors (Lipinski definition) is 2. The fraction of sp³-hybridized carbons (Fsp3) is 0.250. The topological polar surface area (TPSA) is 98.2 Å². The monoisotopic (exact) mass is 414 g/mol. The highest BCUT2D eigenvalue weighted by atomic mass is 16.1. The summed E-state index contributed by atoms with van der Waals surface area (Å²) in [6.45, 7) is 6.81. The zero-order valence-electron chi connectivity index (χ0n) is 18.0. The summed E-state index contributed by atoms with van der Waals surface area (Å²) in [6.07, 6.45) is 2.60. The van der Waals surface area contributed by atoms with Gasteiger partial charge in [0, 0.05) is 6.54 Å². The van der Waals surface area contributed by atoms with Crippen LogP contribution >= 0.6 is 0 Å². The summed E-state index contributed by atoms with van der Waals surface area (Å²) >= 11 is 0. The predicted octanol–water partition coefficient (Wildman–Crippen LogP) is 4.13. The number of hydrogen-bond acceptors (Lipinski definition) is 5. The Labute approximate surface area is 181 Å². The predicted molar refractivity (Wildman–Crippen MR) is 125 cm³/mol. The molecule has 0 aliphatic rings. The van der Waals surface area contributed by atoms with Crippen LogP contribution in [0.5, 0.6) is 0 Å². The van der Waals surface area contributed by atoms with E-state index >= 15 is 0 Å². The minimum absolute atomic E-state index is 0.220. The lowest BCUT2D eigenvalue weighted by molar-refractivity contribution is 0.0954. The summed E-state index contributed by atoms with van der Waals surface area (Å²) in [5.41, 5.74) is 11.1. The lowest BCUT2D eigenvalue weighted by atomic mass is 10.1. The van der Waals surface area contributed by atoms with Crippen LogP contribution in [0.3, 0.4) is 0 Å². The van der Waals surface area contributed by atoms with Crippen LogP contribution in [0.15, 0.2) is 53.6 Å². The average molecular weight is 415 g/mol. The number of anilines is 1. The Morgan fingerprint density at radius 3 is 2.52 bits per heavy atom. The van der Waals surface area contributed by atoms with E-state index in [-0.39, 0.29) is 11.7 Å². The first-order valence-corrected chi connectivity index (χ1v) is 10.4. The molecule has 0 bridgehead atoms. The number of para-hydroxylation sites is 2. The Hall–Kier alpha value is -3.74. The number of amides is 1. The van der Waals surface area contributed by atoms with Crippen LogP contribution in [0.25, 0.3) is 22.2 Å². The van der Waals surface area contributed by atoms with Crippen molar-refractivity contribution in [1.29, 1.82) is 0 Å². The molecule has 4 rings (SSSR count). The van der Waals surface area contributed by atoms with Crippen LogP contribution in [-0.4, -0.2) is 33.3 Å². The number of benzene rings is 2. The van der Waals surface area contributed by atoms with E-state index in [1.54, 1.807) is 6.21 Å². The summed E-state index contributed by atoms with van der Waals surface area (Å²) in [5, 5.41) is 7.52. The van der Waals surface area contributed by atoms with E-state index in [0.29, 0.717) is 40.2 Å². The molecule has 0 aliphatic carbocycles. The minimum atomic E-state index is -0.266. The van der Waals surface area contributed by atoms with Crippen LogP contribution in [0.1, 0.15) is 41.8 Å². The van der Waals surface area contributed by atoms with E-state index in [1.165, 1.54) is 4.68 Å². The molecular formula is C24H26N6O. The number of nitrogens with one attached hydrogen (secondary N) is 1. The summed E-state index contributed by atoms with van der Waals surface area (Å²) in [5.74, 6) is 0.441. The number of carbonyl (C=O) groups excluding carboxylic acids is 1. The number of nitrogens with two attached hydrogens (primary N) is 1. The van der Waals surface area contributed by atoms with Gasteiger partial charge in [-0.3, -0.25) is 4.79 Å². The second-order valence-electron chi connectivity index (χ2n) is 8.00. The molecule has 0 saturated heterocycles. The minimum Gasteiger partial charge on any atom is -0.383 e. The van der Waals surface area contributed by atoms with Crippen molar-refractivity contribution in [2.24, 2.45) is 11.0 Å². The van der Waals surface area contributed by atoms with Gasteiger partial charge in [0.15, 0.2) is 5.65 Å². The molecule has 31 heavy (non-hydrogen) atoms. The Kier molecular flexibility index (Phi) is 5.66. The quantitative estimate of drug-likeness (QED) is 0.463. The standard InChI is InChI=1S/C24H26N6O/c1-15(2)12-13-26-24(31)20-21-23(29-19-11-7-6-10-18(19)28-21)30(22(20)25)27-14-17-9-5-4-8-16(17)3/h4-11,14-15H,12-13,25H2,1-3H3,(H,26,31)/b27-14+. The van der Waals surface area contributed by atoms with Crippen molar-refractivity contribution in [3.63, 3.8) is 0 Å². The number of nitrogen functional groups attached to an aromatic ring is 1. The molecule has 0 saturated carbocycles. The lowest BCUT2D eigenvalue weighted by Crippen LogP contribution is -2.26. The smallest absolute Gasteiger partial charge is 0.257 e. The van der Waals surface area contributed by atoms with E-state index in [0.717, 1.165) is 17.5 Å². The van der Waals surface area contributed by atoms with Crippen LogP contribution in [-0.2, 0) is 0 Å². The molecule has 158 valence electrons. The first-order valence-electron chi connectivity index (χ1n) is 10.4. The molecule has 2 aromatic carbocycles. The summed E-state index contributed by atoms with van der Waals surface area (Å²) in [7, 11) is 0. The third kappa shape index (κ3) is 4.12. The fourth-order valence-corrected chi connectivity index (χ4v) is 3.40. The van der Waals surface area contributed by atoms with Gasteiger partial charge in [0.2, 0.25) is 0 Å². The van der Waals surface area contributed by atoms with E-state index in [9.17, 15) is 4.79 Å². The highest BCUT2D eigenvalue weighted by molar-refractivity contribution is 6.10. The molecule has 0 unspecified atom stereocenters. The summed E-state index contributed by atoms with van der Waals surface area (Å²) in [4.78, 5) is 22.4. The van der Waals surface area contributed by atoms with Gasteiger partial charge in [-0.15, -0.1) is 0 Å². The van der Waals surface area contributed by atoms with Crippen molar-refractivity contribution in [3.8, 4) is 0 Å². The SMILES string of the molecule is Cc1ccccc1/C=N/n1c(N)c(C(=O)NCCC(C)C)c2nc3ccccc3nc21. The molecule has 0 fully saturated rings. The highest BCUT2D eigenvalue weighted by Gasteiger charge is 2.24. The fourth-order valence-electron chi connectivity index (χ4n) is 3.40. The van der Waals surface area contributed by atoms with Gasteiger partial charge in [-0.1, -0.05) is 50.2 Å². The third-order valence-corrected chi connectivity index (χ3v) is 5.21. The Morgan fingerprint density at radius 1 is 1.13 bits per heavy atom.